The fourth-order valence-electron chi connectivity index (χ4n) is 3.22. The van der Waals surface area contributed by atoms with Crippen LogP contribution in [0.2, 0.25) is 5.02 Å². The molecule has 0 bridgehead atoms. The van der Waals surface area contributed by atoms with E-state index < -0.39 is 11.6 Å². The molecule has 2 N–H and O–H groups in total. The molecule has 0 aliphatic heterocycles. The maximum Gasteiger partial charge on any atom is 0.161 e. The molecule has 32 heavy (non-hydrogen) atoms. The highest BCUT2D eigenvalue weighted by Crippen LogP contribution is 2.32. The zero-order valence-corrected chi connectivity index (χ0v) is 18.5. The Balaban J connectivity index is 1.76. The van der Waals surface area contributed by atoms with Gasteiger partial charge in [0.2, 0.25) is 0 Å². The number of methoxy groups -OCH3 is 1. The van der Waals surface area contributed by atoms with Crippen molar-refractivity contribution < 1.29 is 18.3 Å². The molecule has 0 fully saturated rings. The Morgan fingerprint density at radius 1 is 1.03 bits per heavy atom. The van der Waals surface area contributed by atoms with Gasteiger partial charge in [-0.05, 0) is 48.0 Å². The molecule has 168 valence electrons. The molecule has 0 amide bonds. The van der Waals surface area contributed by atoms with Gasteiger partial charge in [-0.25, -0.2) is 8.78 Å². The van der Waals surface area contributed by atoms with Crippen LogP contribution in [0, 0.1) is 11.6 Å². The van der Waals surface area contributed by atoms with Gasteiger partial charge in [0.05, 0.1) is 7.11 Å². The van der Waals surface area contributed by atoms with E-state index in [1.807, 2.05) is 36.4 Å². The van der Waals surface area contributed by atoms with Crippen LogP contribution in [0.5, 0.6) is 11.5 Å². The fraction of sp³-hybridized carbons (Fsp3) is 0.200. The summed E-state index contributed by atoms with van der Waals surface area (Å²) >= 11 is 5.98. The smallest absolute Gasteiger partial charge is 0.161 e. The summed E-state index contributed by atoms with van der Waals surface area (Å²) in [5.41, 5.74) is 8.76. The van der Waals surface area contributed by atoms with Crippen LogP contribution < -0.4 is 15.2 Å². The lowest BCUT2D eigenvalue weighted by Gasteiger charge is -2.27. The summed E-state index contributed by atoms with van der Waals surface area (Å²) in [4.78, 5) is 2.08. The summed E-state index contributed by atoms with van der Waals surface area (Å²) in [5.74, 6) is -0.373. The number of hydrogen-bond acceptors (Lipinski definition) is 4. The summed E-state index contributed by atoms with van der Waals surface area (Å²) < 4.78 is 38.2. The molecule has 0 saturated carbocycles. The van der Waals surface area contributed by atoms with Crippen LogP contribution in [0.15, 0.2) is 67.2 Å². The Hall–Kier alpha value is -3.09. The van der Waals surface area contributed by atoms with Crippen LogP contribution in [0.25, 0.3) is 5.70 Å². The fourth-order valence-corrected chi connectivity index (χ4v) is 3.34. The third-order valence-electron chi connectivity index (χ3n) is 4.96. The number of halogens is 3. The molecule has 0 spiro atoms. The summed E-state index contributed by atoms with van der Waals surface area (Å²) in [6.07, 6.45) is 0. The van der Waals surface area contributed by atoms with Gasteiger partial charge in [-0.15, -0.1) is 0 Å². The number of hydrogen-bond donors (Lipinski definition) is 1. The summed E-state index contributed by atoms with van der Waals surface area (Å²) in [5, 5.41) is 0.679. The lowest BCUT2D eigenvalue weighted by atomic mass is 10.1. The minimum absolute atomic E-state index is 0.0569. The van der Waals surface area contributed by atoms with Crippen LogP contribution in [0.4, 0.5) is 8.78 Å². The van der Waals surface area contributed by atoms with Crippen molar-refractivity contribution in [1.29, 1.82) is 0 Å². The van der Waals surface area contributed by atoms with Gasteiger partial charge in [0.25, 0.3) is 0 Å². The number of benzene rings is 3. The van der Waals surface area contributed by atoms with Gasteiger partial charge in [-0.1, -0.05) is 30.3 Å². The molecule has 0 aromatic heterocycles. The zero-order chi connectivity index (χ0) is 23.1. The molecule has 0 atom stereocenters. The van der Waals surface area contributed by atoms with E-state index in [0.29, 0.717) is 36.2 Å². The maximum absolute atomic E-state index is 13.9. The third-order valence-corrected chi connectivity index (χ3v) is 5.21. The Kier molecular flexibility index (Phi) is 8.09. The van der Waals surface area contributed by atoms with Crippen molar-refractivity contribution in [2.75, 3.05) is 20.2 Å². The van der Waals surface area contributed by atoms with E-state index in [1.54, 1.807) is 6.07 Å². The summed E-state index contributed by atoms with van der Waals surface area (Å²) in [7, 11) is 1.53. The Morgan fingerprint density at radius 2 is 1.78 bits per heavy atom. The number of rotatable bonds is 10. The van der Waals surface area contributed by atoms with Crippen molar-refractivity contribution in [2.45, 2.75) is 13.2 Å². The molecule has 0 saturated heterocycles. The van der Waals surface area contributed by atoms with Crippen molar-refractivity contribution >= 4 is 17.3 Å². The number of nitrogens with zero attached hydrogens (tertiary/aromatic N) is 1. The predicted octanol–water partition coefficient (Wildman–Crippen LogP) is 5.64. The average Bonchev–Trinajstić information content (AvgIpc) is 2.79. The van der Waals surface area contributed by atoms with Crippen molar-refractivity contribution in [2.24, 2.45) is 5.73 Å². The quantitative estimate of drug-likeness (QED) is 0.427. The monoisotopic (exact) mass is 458 g/mol. The highest BCUT2D eigenvalue weighted by atomic mass is 35.5. The first-order chi connectivity index (χ1) is 15.4. The van der Waals surface area contributed by atoms with E-state index in [9.17, 15) is 8.78 Å². The molecule has 3 aromatic rings. The molecule has 0 aliphatic carbocycles. The van der Waals surface area contributed by atoms with Gasteiger partial charge in [-0.3, -0.25) is 0 Å². The zero-order valence-electron chi connectivity index (χ0n) is 17.8. The molecule has 3 aromatic carbocycles. The summed E-state index contributed by atoms with van der Waals surface area (Å²) in [6, 6.07) is 16.4. The second kappa shape index (κ2) is 11.0. The maximum atomic E-state index is 13.9. The van der Waals surface area contributed by atoms with Gasteiger partial charge in [0, 0.05) is 47.5 Å². The molecule has 0 heterocycles. The largest absolute Gasteiger partial charge is 0.493 e. The molecule has 0 radical (unpaired) electrons. The third kappa shape index (κ3) is 5.99. The second-order valence-corrected chi connectivity index (χ2v) is 7.61. The minimum Gasteiger partial charge on any atom is -0.493 e. The van der Waals surface area contributed by atoms with Crippen molar-refractivity contribution in [3.8, 4) is 11.5 Å². The van der Waals surface area contributed by atoms with Crippen molar-refractivity contribution in [1.82, 2.24) is 4.90 Å². The van der Waals surface area contributed by atoms with Crippen molar-refractivity contribution in [3.63, 3.8) is 0 Å². The first-order valence-corrected chi connectivity index (χ1v) is 10.4. The standard InChI is InChI=1S/C25H25ClF2N2O2/c1-17(30(12-11-29)15-18-3-7-21(26)8-4-18)19-6-10-24(25(13-19)31-2)32-16-20-5-9-22(27)14-23(20)28/h3-10,13-14H,1,11-12,15-16,29H2,2H3. The van der Waals surface area contributed by atoms with Gasteiger partial charge < -0.3 is 20.1 Å². The van der Waals surface area contributed by atoms with Gasteiger partial charge in [0.1, 0.15) is 18.2 Å². The Bertz CT molecular complexity index is 1070. The molecular weight excluding hydrogens is 434 g/mol. The number of nitrogens with two attached hydrogens (primary N) is 1. The molecule has 0 aliphatic rings. The van der Waals surface area contributed by atoms with Crippen LogP contribution >= 0.6 is 11.6 Å². The van der Waals surface area contributed by atoms with Crippen LogP contribution in [0.3, 0.4) is 0 Å². The Labute approximate surface area is 191 Å². The average molecular weight is 459 g/mol. The lowest BCUT2D eigenvalue weighted by molar-refractivity contribution is 0.279. The predicted molar refractivity (Wildman–Crippen MR) is 124 cm³/mol. The number of ether oxygens (including phenoxy) is 2. The van der Waals surface area contributed by atoms with E-state index in [4.69, 9.17) is 26.8 Å². The first kappa shape index (κ1) is 23.6. The van der Waals surface area contributed by atoms with E-state index >= 15 is 0 Å². The first-order valence-electron chi connectivity index (χ1n) is 10.0. The minimum atomic E-state index is -0.659. The Morgan fingerprint density at radius 3 is 2.44 bits per heavy atom. The second-order valence-electron chi connectivity index (χ2n) is 7.17. The van der Waals surface area contributed by atoms with E-state index in [2.05, 4.69) is 11.5 Å². The van der Waals surface area contributed by atoms with Crippen molar-refractivity contribution in [3.05, 3.63) is 101 Å². The van der Waals surface area contributed by atoms with E-state index in [1.165, 1.54) is 19.2 Å². The molecule has 7 heteroatoms. The highest BCUT2D eigenvalue weighted by Gasteiger charge is 2.14. The highest BCUT2D eigenvalue weighted by molar-refractivity contribution is 6.30. The topological polar surface area (TPSA) is 47.7 Å². The van der Waals surface area contributed by atoms with E-state index in [-0.39, 0.29) is 12.2 Å². The lowest BCUT2D eigenvalue weighted by Crippen LogP contribution is -2.27. The van der Waals surface area contributed by atoms with Gasteiger partial charge in [-0.2, -0.15) is 0 Å². The van der Waals surface area contributed by atoms with Gasteiger partial charge in [0.15, 0.2) is 11.5 Å². The normalized spacial score (nSPS) is 10.7. The van der Waals surface area contributed by atoms with Crippen LogP contribution in [-0.4, -0.2) is 25.1 Å². The molecule has 0 unspecified atom stereocenters. The molecular formula is C25H25ClF2N2O2. The SMILES string of the molecule is C=C(c1ccc(OCc2ccc(F)cc2F)c(OC)c1)N(CCN)Cc1ccc(Cl)cc1. The van der Waals surface area contributed by atoms with Crippen LogP contribution in [0.1, 0.15) is 16.7 Å². The molecule has 4 nitrogen and oxygen atoms in total. The van der Waals surface area contributed by atoms with Crippen LogP contribution in [-0.2, 0) is 13.2 Å². The van der Waals surface area contributed by atoms with Gasteiger partial charge >= 0.3 is 0 Å². The molecule has 3 rings (SSSR count). The van der Waals surface area contributed by atoms with E-state index in [0.717, 1.165) is 22.9 Å². The summed E-state index contributed by atoms with van der Waals surface area (Å²) in [6.45, 7) is 5.89.